The largest absolute Gasteiger partial charge is 0.335 e. The molecule has 8 heteroatoms. The number of Topliss-reactive ketones (excluding diaryl/α,β-unsaturated/α-hetero) is 1. The number of halogens is 1. The van der Waals surface area contributed by atoms with E-state index in [-0.39, 0.29) is 54.0 Å². The smallest absolute Gasteiger partial charge is 0.243 e. The van der Waals surface area contributed by atoms with Crippen LogP contribution in [0.15, 0.2) is 53.4 Å². The van der Waals surface area contributed by atoms with Crippen LogP contribution in [-0.4, -0.2) is 48.4 Å². The predicted octanol–water partition coefficient (Wildman–Crippen LogP) is 3.62. The summed E-state index contributed by atoms with van der Waals surface area (Å²) in [5.74, 6) is -0.723. The highest BCUT2D eigenvalue weighted by molar-refractivity contribution is 7.89. The lowest BCUT2D eigenvalue weighted by Gasteiger charge is -2.34. The molecule has 0 spiro atoms. The maximum absolute atomic E-state index is 14.1. The predicted molar refractivity (Wildman–Crippen MR) is 118 cm³/mol. The lowest BCUT2D eigenvalue weighted by Crippen LogP contribution is -2.44. The first-order valence-corrected chi connectivity index (χ1v) is 12.4. The number of hydrogen-bond donors (Lipinski definition) is 0. The Kier molecular flexibility index (Phi) is 6.44. The molecule has 1 saturated carbocycles. The van der Waals surface area contributed by atoms with Gasteiger partial charge in [-0.15, -0.1) is 0 Å². The Morgan fingerprint density at radius 2 is 1.62 bits per heavy atom. The maximum Gasteiger partial charge on any atom is 0.243 e. The van der Waals surface area contributed by atoms with Gasteiger partial charge in [0.15, 0.2) is 5.78 Å². The van der Waals surface area contributed by atoms with Crippen molar-refractivity contribution in [3.8, 4) is 0 Å². The molecule has 0 atom stereocenters. The molecule has 0 aromatic heterocycles. The number of amides is 1. The van der Waals surface area contributed by atoms with Crippen LogP contribution in [0.25, 0.3) is 0 Å². The number of benzene rings is 2. The molecule has 32 heavy (non-hydrogen) atoms. The third kappa shape index (κ3) is 4.76. The van der Waals surface area contributed by atoms with E-state index in [9.17, 15) is 22.4 Å². The van der Waals surface area contributed by atoms with Crippen molar-refractivity contribution in [3.63, 3.8) is 0 Å². The lowest BCUT2D eigenvalue weighted by molar-refractivity contribution is -0.138. The molecule has 170 valence electrons. The van der Waals surface area contributed by atoms with E-state index < -0.39 is 10.0 Å². The van der Waals surface area contributed by atoms with Crippen molar-refractivity contribution in [2.75, 3.05) is 13.1 Å². The van der Waals surface area contributed by atoms with Crippen molar-refractivity contribution < 1.29 is 22.4 Å². The Bertz CT molecular complexity index is 1110. The molecule has 2 aromatic rings. The Hall–Kier alpha value is -2.58. The van der Waals surface area contributed by atoms with Crippen molar-refractivity contribution in [3.05, 3.63) is 65.5 Å². The average Bonchev–Trinajstić information content (AvgIpc) is 3.63. The summed E-state index contributed by atoms with van der Waals surface area (Å²) in [6.07, 6.45) is 2.71. The summed E-state index contributed by atoms with van der Waals surface area (Å²) in [7, 11) is -3.68. The van der Waals surface area contributed by atoms with Gasteiger partial charge in [0.1, 0.15) is 5.82 Å². The van der Waals surface area contributed by atoms with Gasteiger partial charge in [0.2, 0.25) is 15.9 Å². The molecule has 1 amide bonds. The van der Waals surface area contributed by atoms with Crippen LogP contribution in [0, 0.1) is 11.7 Å². The molecule has 2 aromatic carbocycles. The number of piperidine rings is 1. The van der Waals surface area contributed by atoms with Crippen LogP contribution in [0.3, 0.4) is 0 Å². The zero-order valence-corrected chi connectivity index (χ0v) is 18.9. The Labute approximate surface area is 188 Å². The summed E-state index contributed by atoms with van der Waals surface area (Å²) in [6, 6.07) is 12.6. The van der Waals surface area contributed by atoms with Gasteiger partial charge in [-0.3, -0.25) is 9.59 Å². The summed E-state index contributed by atoms with van der Waals surface area (Å²) in [5, 5.41) is 0. The number of nitrogens with zero attached hydrogens (tertiary/aromatic N) is 2. The van der Waals surface area contributed by atoms with Crippen LogP contribution in [-0.2, 0) is 21.4 Å². The molecule has 6 nitrogen and oxygen atoms in total. The Morgan fingerprint density at radius 1 is 1.00 bits per heavy atom. The van der Waals surface area contributed by atoms with Crippen LogP contribution in [0.2, 0.25) is 0 Å². The second-order valence-corrected chi connectivity index (χ2v) is 10.5. The van der Waals surface area contributed by atoms with Gasteiger partial charge in [0, 0.05) is 42.7 Å². The molecule has 2 fully saturated rings. The van der Waals surface area contributed by atoms with Crippen molar-refractivity contribution in [2.24, 2.45) is 5.92 Å². The first kappa shape index (κ1) is 22.6. The zero-order chi connectivity index (χ0) is 22.9. The van der Waals surface area contributed by atoms with Crippen molar-refractivity contribution in [2.45, 2.75) is 50.1 Å². The first-order chi connectivity index (χ1) is 15.3. The fourth-order valence-corrected chi connectivity index (χ4v) is 5.64. The highest BCUT2D eigenvalue weighted by Crippen LogP contribution is 2.33. The Balaban J connectivity index is 1.41. The van der Waals surface area contributed by atoms with E-state index in [1.54, 1.807) is 23.1 Å². The number of hydrogen-bond acceptors (Lipinski definition) is 4. The fraction of sp³-hybridized carbons (Fsp3) is 0.417. The highest BCUT2D eigenvalue weighted by atomic mass is 32.2. The normalized spacial score (nSPS) is 17.8. The van der Waals surface area contributed by atoms with Crippen LogP contribution in [0.4, 0.5) is 4.39 Å². The van der Waals surface area contributed by atoms with E-state index in [1.165, 1.54) is 41.6 Å². The summed E-state index contributed by atoms with van der Waals surface area (Å²) < 4.78 is 41.5. The summed E-state index contributed by atoms with van der Waals surface area (Å²) >= 11 is 0. The van der Waals surface area contributed by atoms with E-state index in [0.29, 0.717) is 24.0 Å². The van der Waals surface area contributed by atoms with Gasteiger partial charge in [0.05, 0.1) is 4.90 Å². The minimum atomic E-state index is -3.68. The molecule has 2 aliphatic rings. The first-order valence-electron chi connectivity index (χ1n) is 10.9. The monoisotopic (exact) mass is 458 g/mol. The molecule has 0 N–H and O–H groups in total. The fourth-order valence-electron chi connectivity index (χ4n) is 4.17. The number of sulfonamides is 1. The van der Waals surface area contributed by atoms with Crippen LogP contribution >= 0.6 is 0 Å². The SMILES string of the molecule is CC(=O)c1ccc(S(=O)(=O)N2CCC(C(=O)N(Cc3ccccc3F)C3CC3)CC2)cc1. The van der Waals surface area contributed by atoms with E-state index in [2.05, 4.69) is 0 Å². The second-order valence-electron chi connectivity index (χ2n) is 8.55. The molecule has 1 aliphatic carbocycles. The minimum absolute atomic E-state index is 0.0152. The van der Waals surface area contributed by atoms with E-state index in [1.807, 2.05) is 0 Å². The molecule has 0 unspecified atom stereocenters. The van der Waals surface area contributed by atoms with E-state index in [0.717, 1.165) is 12.8 Å². The number of ketones is 1. The lowest BCUT2D eigenvalue weighted by atomic mass is 9.96. The van der Waals surface area contributed by atoms with Crippen molar-refractivity contribution in [1.29, 1.82) is 0 Å². The number of carbonyl (C=O) groups is 2. The zero-order valence-electron chi connectivity index (χ0n) is 18.0. The van der Waals surface area contributed by atoms with Gasteiger partial charge < -0.3 is 4.90 Å². The van der Waals surface area contributed by atoms with Crippen molar-refractivity contribution in [1.82, 2.24) is 9.21 Å². The van der Waals surface area contributed by atoms with Gasteiger partial charge in [-0.1, -0.05) is 30.3 Å². The van der Waals surface area contributed by atoms with Crippen LogP contribution in [0.5, 0.6) is 0 Å². The number of rotatable bonds is 7. The molecule has 1 heterocycles. The molecule has 4 rings (SSSR count). The molecule has 0 radical (unpaired) electrons. The maximum atomic E-state index is 14.1. The van der Waals surface area contributed by atoms with Gasteiger partial charge in [-0.2, -0.15) is 4.31 Å². The molecule has 0 bridgehead atoms. The topological polar surface area (TPSA) is 74.8 Å². The standard InChI is InChI=1S/C24H27FN2O4S/c1-17(28)18-6-10-22(11-7-18)32(30,31)26-14-12-19(13-15-26)24(29)27(21-8-9-21)16-20-4-2-3-5-23(20)25/h2-7,10-11,19,21H,8-9,12-16H2,1H3. The third-order valence-electron chi connectivity index (χ3n) is 6.27. The molecular weight excluding hydrogens is 431 g/mol. The average molecular weight is 459 g/mol. The van der Waals surface area contributed by atoms with Crippen LogP contribution < -0.4 is 0 Å². The summed E-state index contributed by atoms with van der Waals surface area (Å²) in [6.45, 7) is 2.19. The van der Waals surface area contributed by atoms with Gasteiger partial charge in [0.25, 0.3) is 0 Å². The van der Waals surface area contributed by atoms with Gasteiger partial charge in [-0.05, 0) is 50.8 Å². The molecular formula is C24H27FN2O4S. The van der Waals surface area contributed by atoms with Gasteiger partial charge >= 0.3 is 0 Å². The molecule has 1 saturated heterocycles. The van der Waals surface area contributed by atoms with Gasteiger partial charge in [-0.25, -0.2) is 12.8 Å². The Morgan fingerprint density at radius 3 is 2.19 bits per heavy atom. The minimum Gasteiger partial charge on any atom is -0.335 e. The highest BCUT2D eigenvalue weighted by Gasteiger charge is 2.39. The quantitative estimate of drug-likeness (QED) is 0.594. The summed E-state index contributed by atoms with van der Waals surface area (Å²) in [4.78, 5) is 26.6. The second kappa shape index (κ2) is 9.11. The van der Waals surface area contributed by atoms with Crippen molar-refractivity contribution >= 4 is 21.7 Å². The third-order valence-corrected chi connectivity index (χ3v) is 8.18. The van der Waals surface area contributed by atoms with E-state index in [4.69, 9.17) is 0 Å². The van der Waals surface area contributed by atoms with Crippen LogP contribution in [0.1, 0.15) is 48.5 Å². The molecule has 1 aliphatic heterocycles. The van der Waals surface area contributed by atoms with E-state index >= 15 is 0 Å². The summed E-state index contributed by atoms with van der Waals surface area (Å²) in [5.41, 5.74) is 0.963. The number of carbonyl (C=O) groups excluding carboxylic acids is 2.